The standard InChI is InChI=1S/C29H40N2O3/c1-29-16-15-23-22-10-8-21(34-2)19-20(22)7-9-24(23)25(29)11-12-26(29)30-17-5-3-4-6-18-31-27(32)13-14-28(31)33/h8,10,13-14,19,23-26,30H,3-7,9,11-12,15-18H2,1-2H3/t23?,24?,25?,26-,29+/m0/s1. The number of nitrogens with zero attached hydrogens (tertiary/aromatic N) is 1. The Balaban J connectivity index is 1.08. The van der Waals surface area contributed by atoms with Crippen LogP contribution in [0.25, 0.3) is 0 Å². The van der Waals surface area contributed by atoms with Crippen LogP contribution in [0, 0.1) is 17.3 Å². The molecule has 5 atom stereocenters. The van der Waals surface area contributed by atoms with Gasteiger partial charge in [0.25, 0.3) is 11.8 Å². The molecule has 1 N–H and O–H groups in total. The highest BCUT2D eigenvalue weighted by Crippen LogP contribution is 2.61. The van der Waals surface area contributed by atoms with Crippen molar-refractivity contribution in [3.63, 3.8) is 0 Å². The van der Waals surface area contributed by atoms with E-state index in [1.807, 2.05) is 0 Å². The second kappa shape index (κ2) is 9.85. The Bertz CT molecular complexity index is 939. The van der Waals surface area contributed by atoms with Crippen molar-refractivity contribution >= 4 is 11.8 Å². The zero-order chi connectivity index (χ0) is 23.7. The third kappa shape index (κ3) is 4.32. The lowest BCUT2D eigenvalue weighted by Gasteiger charge is -2.51. The van der Waals surface area contributed by atoms with Crippen LogP contribution in [0.3, 0.4) is 0 Å². The molecule has 5 heteroatoms. The van der Waals surface area contributed by atoms with E-state index < -0.39 is 0 Å². The molecule has 0 bridgehead atoms. The highest BCUT2D eigenvalue weighted by Gasteiger charge is 2.54. The van der Waals surface area contributed by atoms with E-state index in [1.165, 1.54) is 67.6 Å². The van der Waals surface area contributed by atoms with Crippen molar-refractivity contribution in [3.05, 3.63) is 41.5 Å². The number of methoxy groups -OCH3 is 1. The molecular weight excluding hydrogens is 424 g/mol. The van der Waals surface area contributed by atoms with Gasteiger partial charge in [-0.05, 0) is 104 Å². The molecule has 4 aliphatic rings. The number of benzene rings is 1. The number of aryl methyl sites for hydroxylation is 1. The van der Waals surface area contributed by atoms with Gasteiger partial charge in [0.2, 0.25) is 0 Å². The number of hydrogen-bond acceptors (Lipinski definition) is 4. The first-order valence-corrected chi connectivity index (χ1v) is 13.4. The molecule has 1 heterocycles. The summed E-state index contributed by atoms with van der Waals surface area (Å²) >= 11 is 0. The number of carbonyl (C=O) groups is 2. The van der Waals surface area contributed by atoms with E-state index in [2.05, 4.69) is 30.4 Å². The lowest BCUT2D eigenvalue weighted by atomic mass is 9.55. The molecule has 1 aromatic carbocycles. The Morgan fingerprint density at radius 2 is 1.82 bits per heavy atom. The molecule has 3 unspecified atom stereocenters. The number of ether oxygens (including phenoxy) is 1. The normalized spacial score (nSPS) is 32.0. The second-order valence-corrected chi connectivity index (χ2v) is 11.2. The van der Waals surface area contributed by atoms with Gasteiger partial charge in [0.15, 0.2) is 0 Å². The first-order chi connectivity index (χ1) is 16.5. The van der Waals surface area contributed by atoms with Crippen molar-refractivity contribution in [1.82, 2.24) is 10.2 Å². The number of fused-ring (bicyclic) bond motifs is 5. The molecule has 3 aliphatic carbocycles. The third-order valence-electron chi connectivity index (χ3n) is 9.53. The second-order valence-electron chi connectivity index (χ2n) is 11.2. The van der Waals surface area contributed by atoms with E-state index in [0.29, 0.717) is 18.0 Å². The fraction of sp³-hybridized carbons (Fsp3) is 0.655. The Morgan fingerprint density at radius 1 is 1.03 bits per heavy atom. The van der Waals surface area contributed by atoms with E-state index >= 15 is 0 Å². The number of amides is 2. The summed E-state index contributed by atoms with van der Waals surface area (Å²) in [5.41, 5.74) is 3.55. The van der Waals surface area contributed by atoms with Gasteiger partial charge in [0.1, 0.15) is 5.75 Å². The maximum Gasteiger partial charge on any atom is 0.253 e. The summed E-state index contributed by atoms with van der Waals surface area (Å²) in [5, 5.41) is 3.95. The number of nitrogens with one attached hydrogen (secondary N) is 1. The SMILES string of the molecule is COc1ccc2c(c1)CCC1C2CC[C@]2(C)C1CC[C@@H]2NCCCCCCN1C(=O)C=CC1=O. The first-order valence-electron chi connectivity index (χ1n) is 13.4. The number of hydrogen-bond donors (Lipinski definition) is 1. The van der Waals surface area contributed by atoms with E-state index in [4.69, 9.17) is 4.74 Å². The van der Waals surface area contributed by atoms with Crippen LogP contribution in [0.2, 0.25) is 0 Å². The predicted octanol–water partition coefficient (Wildman–Crippen LogP) is 4.99. The fourth-order valence-electron chi connectivity index (χ4n) is 7.70. The molecule has 2 saturated carbocycles. The molecule has 2 amide bonds. The van der Waals surface area contributed by atoms with Crippen molar-refractivity contribution < 1.29 is 14.3 Å². The summed E-state index contributed by atoms with van der Waals surface area (Å²) in [4.78, 5) is 24.6. The summed E-state index contributed by atoms with van der Waals surface area (Å²) < 4.78 is 5.48. The Morgan fingerprint density at radius 3 is 2.62 bits per heavy atom. The molecule has 5 rings (SSSR count). The van der Waals surface area contributed by atoms with Crippen molar-refractivity contribution in [2.75, 3.05) is 20.2 Å². The van der Waals surface area contributed by atoms with Crippen LogP contribution in [-0.4, -0.2) is 43.0 Å². The lowest BCUT2D eigenvalue weighted by molar-refractivity contribution is -0.136. The van der Waals surface area contributed by atoms with Crippen molar-refractivity contribution in [2.45, 2.75) is 83.1 Å². The van der Waals surface area contributed by atoms with Crippen molar-refractivity contribution in [2.24, 2.45) is 17.3 Å². The molecule has 1 aliphatic heterocycles. The summed E-state index contributed by atoms with van der Waals surface area (Å²) in [6, 6.07) is 7.42. The number of carbonyl (C=O) groups excluding carboxylic acids is 2. The summed E-state index contributed by atoms with van der Waals surface area (Å²) in [6.07, 6.45) is 14.9. The molecule has 1 aromatic rings. The van der Waals surface area contributed by atoms with Gasteiger partial charge in [0.05, 0.1) is 7.11 Å². The average Bonchev–Trinajstić information content (AvgIpc) is 3.36. The number of imide groups is 1. The Hall–Kier alpha value is -2.14. The van der Waals surface area contributed by atoms with Gasteiger partial charge in [-0.2, -0.15) is 0 Å². The van der Waals surface area contributed by atoms with Crippen LogP contribution in [-0.2, 0) is 16.0 Å². The van der Waals surface area contributed by atoms with Gasteiger partial charge in [-0.3, -0.25) is 14.5 Å². The molecule has 5 nitrogen and oxygen atoms in total. The summed E-state index contributed by atoms with van der Waals surface area (Å²) in [7, 11) is 1.77. The van der Waals surface area contributed by atoms with E-state index in [-0.39, 0.29) is 11.8 Å². The molecule has 2 fully saturated rings. The molecular formula is C29H40N2O3. The quantitative estimate of drug-likeness (QED) is 0.413. The average molecular weight is 465 g/mol. The van der Waals surface area contributed by atoms with Crippen LogP contribution in [0.1, 0.15) is 81.8 Å². The fourth-order valence-corrected chi connectivity index (χ4v) is 7.70. The molecule has 0 aromatic heterocycles. The molecule has 0 radical (unpaired) electrons. The zero-order valence-corrected chi connectivity index (χ0v) is 20.9. The number of unbranched alkanes of at least 4 members (excludes halogenated alkanes) is 3. The molecule has 34 heavy (non-hydrogen) atoms. The Kier molecular flexibility index (Phi) is 6.83. The highest BCUT2D eigenvalue weighted by molar-refractivity contribution is 6.12. The summed E-state index contributed by atoms with van der Waals surface area (Å²) in [5.74, 6) is 3.08. The zero-order valence-electron chi connectivity index (χ0n) is 20.9. The molecule has 184 valence electrons. The van der Waals surface area contributed by atoms with Crippen LogP contribution in [0.5, 0.6) is 5.75 Å². The topological polar surface area (TPSA) is 58.6 Å². The lowest BCUT2D eigenvalue weighted by Crippen LogP contribution is -2.48. The van der Waals surface area contributed by atoms with E-state index in [9.17, 15) is 9.59 Å². The van der Waals surface area contributed by atoms with Crippen LogP contribution in [0.15, 0.2) is 30.4 Å². The van der Waals surface area contributed by atoms with Gasteiger partial charge >= 0.3 is 0 Å². The molecule has 0 saturated heterocycles. The minimum Gasteiger partial charge on any atom is -0.497 e. The number of rotatable bonds is 9. The third-order valence-corrected chi connectivity index (χ3v) is 9.53. The van der Waals surface area contributed by atoms with Gasteiger partial charge in [-0.25, -0.2) is 0 Å². The first kappa shape index (κ1) is 23.6. The van der Waals surface area contributed by atoms with Gasteiger partial charge in [-0.15, -0.1) is 0 Å². The summed E-state index contributed by atoms with van der Waals surface area (Å²) in [6.45, 7) is 4.20. The van der Waals surface area contributed by atoms with Crippen molar-refractivity contribution in [1.29, 1.82) is 0 Å². The van der Waals surface area contributed by atoms with E-state index in [0.717, 1.165) is 49.3 Å². The molecule has 0 spiro atoms. The van der Waals surface area contributed by atoms with Crippen LogP contribution < -0.4 is 10.1 Å². The minimum atomic E-state index is -0.161. The van der Waals surface area contributed by atoms with Gasteiger partial charge < -0.3 is 10.1 Å². The maximum absolute atomic E-state index is 11.6. The monoisotopic (exact) mass is 464 g/mol. The highest BCUT2D eigenvalue weighted by atomic mass is 16.5. The minimum absolute atomic E-state index is 0.161. The van der Waals surface area contributed by atoms with Gasteiger partial charge in [-0.1, -0.05) is 25.8 Å². The van der Waals surface area contributed by atoms with Crippen LogP contribution >= 0.6 is 0 Å². The van der Waals surface area contributed by atoms with E-state index in [1.54, 1.807) is 12.7 Å². The van der Waals surface area contributed by atoms with Gasteiger partial charge in [0, 0.05) is 24.7 Å². The van der Waals surface area contributed by atoms with Crippen molar-refractivity contribution in [3.8, 4) is 5.75 Å². The predicted molar refractivity (Wildman–Crippen MR) is 134 cm³/mol. The smallest absolute Gasteiger partial charge is 0.253 e. The van der Waals surface area contributed by atoms with Crippen LogP contribution in [0.4, 0.5) is 0 Å². The Labute approximate surface area is 204 Å². The largest absolute Gasteiger partial charge is 0.497 e. The maximum atomic E-state index is 11.6.